The molecule has 48 heavy (non-hydrogen) atoms. The van der Waals surface area contributed by atoms with E-state index in [1.54, 1.807) is 17.0 Å². The average molecular weight is 698 g/mol. The molecule has 5 aliphatic rings. The van der Waals surface area contributed by atoms with E-state index in [0.29, 0.717) is 61.7 Å². The molecule has 1 atom stereocenters. The first kappa shape index (κ1) is 33.4. The number of halogens is 2. The van der Waals surface area contributed by atoms with E-state index in [4.69, 9.17) is 27.9 Å². The van der Waals surface area contributed by atoms with Crippen molar-refractivity contribution in [3.05, 3.63) is 63.6 Å². The Labute approximate surface area is 293 Å². The van der Waals surface area contributed by atoms with Crippen molar-refractivity contribution < 1.29 is 19.1 Å². The number of nitrogens with zero attached hydrogens (tertiary/aromatic N) is 5. The highest BCUT2D eigenvalue weighted by atomic mass is 35.5. The Morgan fingerprint density at radius 3 is 2.12 bits per heavy atom. The summed E-state index contributed by atoms with van der Waals surface area (Å²) in [5.41, 5.74) is 2.77. The van der Waals surface area contributed by atoms with Crippen molar-refractivity contribution in [2.45, 2.75) is 75.6 Å². The number of anilines is 1. The van der Waals surface area contributed by atoms with Gasteiger partial charge in [-0.15, -0.1) is 0 Å². The van der Waals surface area contributed by atoms with Crippen molar-refractivity contribution in [2.75, 3.05) is 64.2 Å². The van der Waals surface area contributed by atoms with E-state index in [0.717, 1.165) is 42.4 Å². The number of nitrogens with one attached hydrogen (secondary N) is 1. The smallest absolute Gasteiger partial charge is 0.410 e. The van der Waals surface area contributed by atoms with Gasteiger partial charge in [0.1, 0.15) is 0 Å². The van der Waals surface area contributed by atoms with Gasteiger partial charge in [-0.25, -0.2) is 9.59 Å². The standard InChI is InChI=1S/C36H46Cl2N6O4/c37-30-8-5-25(23-31(30)38)24-33(34(45)42-21-19-41(20-22-42)28-10-14-40(15-11-28)27-6-7-27)48-36(47)43-16-12-29(13-17-43)44-18-9-26-3-1-2-4-32(26)39-35(44)46/h1-5,8,23,27-29,33H,6-7,9-22,24H2,(H,39,46). The quantitative estimate of drug-likeness (QED) is 0.419. The van der Waals surface area contributed by atoms with Crippen LogP contribution in [0.5, 0.6) is 0 Å². The van der Waals surface area contributed by atoms with Gasteiger partial charge in [-0.2, -0.15) is 0 Å². The van der Waals surface area contributed by atoms with Gasteiger partial charge in [0.2, 0.25) is 0 Å². The fourth-order valence-electron chi connectivity index (χ4n) is 7.92. The van der Waals surface area contributed by atoms with Crippen molar-refractivity contribution in [2.24, 2.45) is 0 Å². The Kier molecular flexibility index (Phi) is 10.3. The molecular weight excluding hydrogens is 651 g/mol. The summed E-state index contributed by atoms with van der Waals surface area (Å²) >= 11 is 12.5. The van der Waals surface area contributed by atoms with Crippen molar-refractivity contribution in [3.63, 3.8) is 0 Å². The maximum Gasteiger partial charge on any atom is 0.410 e. The van der Waals surface area contributed by atoms with E-state index in [2.05, 4.69) is 15.1 Å². The number of urea groups is 1. The maximum atomic E-state index is 14.0. The molecule has 0 spiro atoms. The molecule has 4 amide bonds. The molecule has 4 heterocycles. The summed E-state index contributed by atoms with van der Waals surface area (Å²) in [6.07, 6.45) is 5.89. The number of para-hydroxylation sites is 1. The Balaban J connectivity index is 0.951. The predicted molar refractivity (Wildman–Crippen MR) is 187 cm³/mol. The number of rotatable bonds is 7. The van der Waals surface area contributed by atoms with Crippen LogP contribution in [0.2, 0.25) is 10.0 Å². The van der Waals surface area contributed by atoms with Crippen LogP contribution >= 0.6 is 23.2 Å². The summed E-state index contributed by atoms with van der Waals surface area (Å²) in [5.74, 6) is -0.173. The van der Waals surface area contributed by atoms with Crippen LogP contribution in [0.15, 0.2) is 42.5 Å². The lowest BCUT2D eigenvalue weighted by Crippen LogP contribution is -2.56. The summed E-state index contributed by atoms with van der Waals surface area (Å²) in [6, 6.07) is 14.5. The molecule has 1 aliphatic carbocycles. The van der Waals surface area contributed by atoms with E-state index in [1.807, 2.05) is 40.1 Å². The van der Waals surface area contributed by atoms with Crippen LogP contribution in [0.1, 0.15) is 49.7 Å². The van der Waals surface area contributed by atoms with Gasteiger partial charge in [0.25, 0.3) is 5.91 Å². The molecular formula is C36H46Cl2N6O4. The van der Waals surface area contributed by atoms with Gasteiger partial charge in [0.15, 0.2) is 6.10 Å². The number of hydrogen-bond donors (Lipinski definition) is 1. The van der Waals surface area contributed by atoms with Gasteiger partial charge in [-0.3, -0.25) is 9.69 Å². The van der Waals surface area contributed by atoms with Crippen LogP contribution in [-0.2, 0) is 22.4 Å². The van der Waals surface area contributed by atoms with Gasteiger partial charge < -0.3 is 29.7 Å². The second-order valence-corrected chi connectivity index (χ2v) is 14.7. The molecule has 258 valence electrons. The van der Waals surface area contributed by atoms with E-state index >= 15 is 0 Å². The van der Waals surface area contributed by atoms with Crippen molar-refractivity contribution in [1.29, 1.82) is 0 Å². The summed E-state index contributed by atoms with van der Waals surface area (Å²) in [6.45, 7) is 6.77. The molecule has 1 N–H and O–H groups in total. The lowest BCUT2D eigenvalue weighted by Gasteiger charge is -2.43. The summed E-state index contributed by atoms with van der Waals surface area (Å²) in [4.78, 5) is 51.3. The molecule has 3 saturated heterocycles. The zero-order valence-electron chi connectivity index (χ0n) is 27.5. The third kappa shape index (κ3) is 7.72. The summed E-state index contributed by atoms with van der Waals surface area (Å²) in [7, 11) is 0. The van der Waals surface area contributed by atoms with Crippen molar-refractivity contribution in [3.8, 4) is 0 Å². The Morgan fingerprint density at radius 2 is 1.42 bits per heavy atom. The van der Waals surface area contributed by atoms with Crippen LogP contribution in [0.4, 0.5) is 15.3 Å². The highest BCUT2D eigenvalue weighted by Gasteiger charge is 2.37. The van der Waals surface area contributed by atoms with E-state index in [1.165, 1.54) is 38.8 Å². The first-order valence-corrected chi connectivity index (χ1v) is 18.4. The SMILES string of the molecule is O=C(OC(Cc1ccc(Cl)c(Cl)c1)C(=O)N1CCN(C2CCN(C3CC3)CC2)CC1)N1CCC(N2CCc3ccccc3NC2=O)CC1. The fraction of sp³-hybridized carbons (Fsp3) is 0.583. The average Bonchev–Trinajstić information content (AvgIpc) is 3.97. The Hall–Kier alpha value is -3.05. The number of fused-ring (bicyclic) bond motifs is 1. The number of likely N-dealkylation sites (tertiary alicyclic amines) is 2. The molecule has 12 heteroatoms. The van der Waals surface area contributed by atoms with Crippen LogP contribution < -0.4 is 5.32 Å². The van der Waals surface area contributed by atoms with E-state index in [-0.39, 0.29) is 24.4 Å². The highest BCUT2D eigenvalue weighted by molar-refractivity contribution is 6.42. The van der Waals surface area contributed by atoms with Crippen LogP contribution in [0.25, 0.3) is 0 Å². The second-order valence-electron chi connectivity index (χ2n) is 13.9. The molecule has 0 bridgehead atoms. The number of hydrogen-bond acceptors (Lipinski definition) is 6. The molecule has 7 rings (SSSR count). The molecule has 4 fully saturated rings. The third-order valence-corrected chi connectivity index (χ3v) is 11.7. The van der Waals surface area contributed by atoms with Crippen LogP contribution in [0, 0.1) is 0 Å². The Bertz CT molecular complexity index is 1480. The molecule has 4 aliphatic heterocycles. The van der Waals surface area contributed by atoms with Gasteiger partial charge in [-0.1, -0.05) is 47.5 Å². The van der Waals surface area contributed by atoms with E-state index in [9.17, 15) is 14.4 Å². The molecule has 0 aromatic heterocycles. The highest BCUT2D eigenvalue weighted by Crippen LogP contribution is 2.31. The fourth-order valence-corrected chi connectivity index (χ4v) is 8.24. The van der Waals surface area contributed by atoms with E-state index < -0.39 is 12.2 Å². The minimum Gasteiger partial charge on any atom is -0.436 e. The molecule has 0 radical (unpaired) electrons. The monoisotopic (exact) mass is 696 g/mol. The zero-order valence-corrected chi connectivity index (χ0v) is 29.0. The predicted octanol–water partition coefficient (Wildman–Crippen LogP) is 5.37. The number of piperazine rings is 1. The largest absolute Gasteiger partial charge is 0.436 e. The van der Waals surface area contributed by atoms with Gasteiger partial charge >= 0.3 is 12.1 Å². The molecule has 2 aromatic carbocycles. The maximum absolute atomic E-state index is 14.0. The molecule has 10 nitrogen and oxygen atoms in total. The lowest BCUT2D eigenvalue weighted by molar-refractivity contribution is -0.143. The van der Waals surface area contributed by atoms with Gasteiger partial charge in [-0.05, 0) is 87.4 Å². The number of carbonyl (C=O) groups excluding carboxylic acids is 3. The first-order valence-electron chi connectivity index (χ1n) is 17.6. The summed E-state index contributed by atoms with van der Waals surface area (Å²) < 4.78 is 6.03. The lowest BCUT2D eigenvalue weighted by atomic mass is 10.0. The third-order valence-electron chi connectivity index (χ3n) is 10.9. The molecule has 1 saturated carbocycles. The number of ether oxygens (including phenoxy) is 1. The zero-order chi connectivity index (χ0) is 33.2. The number of piperidine rings is 2. The minimum absolute atomic E-state index is 0.0224. The minimum atomic E-state index is -0.976. The van der Waals surface area contributed by atoms with Crippen LogP contribution in [0.3, 0.4) is 0 Å². The second kappa shape index (κ2) is 14.8. The first-order chi connectivity index (χ1) is 23.3. The van der Waals surface area contributed by atoms with Gasteiger partial charge in [0.05, 0.1) is 10.0 Å². The van der Waals surface area contributed by atoms with Crippen molar-refractivity contribution in [1.82, 2.24) is 24.5 Å². The van der Waals surface area contributed by atoms with Crippen molar-refractivity contribution >= 4 is 46.9 Å². The number of carbonyl (C=O) groups is 3. The van der Waals surface area contributed by atoms with Gasteiger partial charge in [0, 0.05) is 76.0 Å². The molecule has 2 aromatic rings. The topological polar surface area (TPSA) is 88.7 Å². The normalized spacial score (nSPS) is 22.5. The summed E-state index contributed by atoms with van der Waals surface area (Å²) in [5, 5.41) is 3.88. The number of benzene rings is 2. The number of amides is 4. The molecule has 1 unspecified atom stereocenters. The van der Waals surface area contributed by atoms with Crippen LogP contribution in [-0.4, -0.2) is 126 Å². The Morgan fingerprint density at radius 1 is 0.750 bits per heavy atom.